The number of aromatic amines is 2. The summed E-state index contributed by atoms with van der Waals surface area (Å²) in [6, 6.07) is -5.41. The van der Waals surface area contributed by atoms with Gasteiger partial charge in [0.15, 0.2) is 0 Å². The van der Waals surface area contributed by atoms with Crippen LogP contribution in [-0.2, 0) is 36.8 Å². The SMILES string of the molecule is NC(Cc1cnc[nH]1)C(=O)NC(CO)C(=O)NC(Cc1cnc[nH]1)C(=O)NC(CCC(=O)O)C(=O)O. The summed E-state index contributed by atoms with van der Waals surface area (Å²) in [5.41, 5.74) is 6.83. The fourth-order valence-corrected chi connectivity index (χ4v) is 3.09. The first kappa shape index (κ1) is 27.9. The number of aliphatic hydroxyl groups is 1. The first-order valence-electron chi connectivity index (χ1n) is 10.8. The molecule has 0 bridgehead atoms. The van der Waals surface area contributed by atoms with Gasteiger partial charge in [-0.2, -0.15) is 0 Å². The van der Waals surface area contributed by atoms with Crippen LogP contribution >= 0.6 is 0 Å². The van der Waals surface area contributed by atoms with Gasteiger partial charge in [0.05, 0.1) is 25.3 Å². The lowest BCUT2D eigenvalue weighted by Gasteiger charge is -2.24. The van der Waals surface area contributed by atoms with E-state index < -0.39 is 66.9 Å². The molecule has 0 saturated carbocycles. The van der Waals surface area contributed by atoms with Crippen molar-refractivity contribution in [3.8, 4) is 0 Å². The van der Waals surface area contributed by atoms with Crippen LogP contribution in [0.2, 0.25) is 0 Å². The second-order valence-corrected chi connectivity index (χ2v) is 7.81. The van der Waals surface area contributed by atoms with Crippen LogP contribution < -0.4 is 21.7 Å². The molecule has 0 aliphatic heterocycles. The highest BCUT2D eigenvalue weighted by Gasteiger charge is 2.30. The molecular formula is C20H28N8O8. The first-order chi connectivity index (χ1) is 17.1. The van der Waals surface area contributed by atoms with Crippen molar-refractivity contribution in [1.82, 2.24) is 35.9 Å². The van der Waals surface area contributed by atoms with E-state index in [-0.39, 0.29) is 19.3 Å². The number of nitrogens with zero attached hydrogens (tertiary/aromatic N) is 2. The number of carbonyl (C=O) groups is 5. The third-order valence-corrected chi connectivity index (χ3v) is 5.02. The molecule has 4 unspecified atom stereocenters. The Hall–Kier alpha value is -4.31. The molecule has 196 valence electrons. The number of aromatic nitrogens is 4. The smallest absolute Gasteiger partial charge is 0.326 e. The Morgan fingerprint density at radius 3 is 1.86 bits per heavy atom. The van der Waals surface area contributed by atoms with E-state index in [1.54, 1.807) is 0 Å². The fourth-order valence-electron chi connectivity index (χ4n) is 3.09. The normalized spacial score (nSPS) is 14.2. The molecule has 10 N–H and O–H groups in total. The Morgan fingerprint density at radius 2 is 1.36 bits per heavy atom. The third-order valence-electron chi connectivity index (χ3n) is 5.02. The lowest BCUT2D eigenvalue weighted by atomic mass is 10.1. The Morgan fingerprint density at radius 1 is 0.833 bits per heavy atom. The van der Waals surface area contributed by atoms with E-state index in [0.29, 0.717) is 11.4 Å². The van der Waals surface area contributed by atoms with Crippen molar-refractivity contribution < 1.29 is 39.3 Å². The standard InChI is InChI=1S/C20H28N8O8/c21-12(3-10-5-22-8-24-10)17(32)28-15(7-29)19(34)27-14(4-11-6-23-9-25-11)18(33)26-13(20(35)36)1-2-16(30)31/h5-6,8-9,12-15,29H,1-4,7,21H2,(H,22,24)(H,23,25)(H,26,33)(H,27,34)(H,28,32)(H,30,31)(H,35,36). The van der Waals surface area contributed by atoms with E-state index in [1.165, 1.54) is 25.0 Å². The van der Waals surface area contributed by atoms with Crippen molar-refractivity contribution in [3.05, 3.63) is 36.4 Å². The summed E-state index contributed by atoms with van der Waals surface area (Å²) >= 11 is 0. The Bertz CT molecular complexity index is 1030. The Labute approximate surface area is 204 Å². The van der Waals surface area contributed by atoms with E-state index in [9.17, 15) is 34.2 Å². The van der Waals surface area contributed by atoms with Gasteiger partial charge in [0, 0.05) is 43.0 Å². The highest BCUT2D eigenvalue weighted by atomic mass is 16.4. The lowest BCUT2D eigenvalue weighted by molar-refractivity contribution is -0.143. The zero-order valence-electron chi connectivity index (χ0n) is 19.0. The number of aliphatic hydroxyl groups excluding tert-OH is 1. The maximum atomic E-state index is 12.8. The molecule has 36 heavy (non-hydrogen) atoms. The van der Waals surface area contributed by atoms with E-state index in [4.69, 9.17) is 10.8 Å². The van der Waals surface area contributed by atoms with Crippen molar-refractivity contribution in [2.24, 2.45) is 5.73 Å². The number of nitrogens with two attached hydrogens (primary N) is 1. The van der Waals surface area contributed by atoms with Crippen molar-refractivity contribution in [2.75, 3.05) is 6.61 Å². The van der Waals surface area contributed by atoms with Crippen LogP contribution in [0.5, 0.6) is 0 Å². The molecule has 0 aliphatic carbocycles. The van der Waals surface area contributed by atoms with Crippen LogP contribution in [0.3, 0.4) is 0 Å². The highest BCUT2D eigenvalue weighted by Crippen LogP contribution is 2.04. The quantitative estimate of drug-likeness (QED) is 0.115. The predicted octanol–water partition coefficient (Wildman–Crippen LogP) is -3.36. The van der Waals surface area contributed by atoms with E-state index in [2.05, 4.69) is 35.9 Å². The zero-order valence-corrected chi connectivity index (χ0v) is 19.0. The molecule has 16 nitrogen and oxygen atoms in total. The van der Waals surface area contributed by atoms with Gasteiger partial charge in [0.2, 0.25) is 17.7 Å². The molecule has 0 radical (unpaired) electrons. The van der Waals surface area contributed by atoms with Gasteiger partial charge >= 0.3 is 11.9 Å². The van der Waals surface area contributed by atoms with Gasteiger partial charge < -0.3 is 47.0 Å². The average Bonchev–Trinajstić information content (AvgIpc) is 3.53. The Kier molecular flexibility index (Phi) is 10.5. The van der Waals surface area contributed by atoms with Gasteiger partial charge in [0.25, 0.3) is 0 Å². The molecule has 2 heterocycles. The highest BCUT2D eigenvalue weighted by molar-refractivity contribution is 5.94. The molecule has 16 heteroatoms. The molecule has 2 rings (SSSR count). The third kappa shape index (κ3) is 8.80. The number of imidazole rings is 2. The van der Waals surface area contributed by atoms with Crippen molar-refractivity contribution in [3.63, 3.8) is 0 Å². The van der Waals surface area contributed by atoms with Crippen molar-refractivity contribution in [1.29, 1.82) is 0 Å². The molecule has 0 spiro atoms. The fraction of sp³-hybridized carbons (Fsp3) is 0.450. The number of hydrogen-bond donors (Lipinski definition) is 9. The predicted molar refractivity (Wildman–Crippen MR) is 120 cm³/mol. The zero-order chi connectivity index (χ0) is 26.7. The van der Waals surface area contributed by atoms with Crippen LogP contribution in [0.4, 0.5) is 0 Å². The number of carboxylic acids is 2. The van der Waals surface area contributed by atoms with Crippen LogP contribution in [0.1, 0.15) is 24.2 Å². The van der Waals surface area contributed by atoms with Crippen LogP contribution in [-0.4, -0.2) is 95.7 Å². The summed E-state index contributed by atoms with van der Waals surface area (Å²) in [5.74, 6) is -5.30. The summed E-state index contributed by atoms with van der Waals surface area (Å²) in [5, 5.41) is 34.6. The largest absolute Gasteiger partial charge is 0.481 e. The van der Waals surface area contributed by atoms with E-state index in [1.807, 2.05) is 0 Å². The summed E-state index contributed by atoms with van der Waals surface area (Å²) in [6.07, 6.45) is 4.64. The van der Waals surface area contributed by atoms with Crippen molar-refractivity contribution in [2.45, 2.75) is 49.9 Å². The topological polar surface area (TPSA) is 266 Å². The van der Waals surface area contributed by atoms with Crippen LogP contribution in [0.15, 0.2) is 25.0 Å². The second kappa shape index (κ2) is 13.5. The van der Waals surface area contributed by atoms with Crippen molar-refractivity contribution >= 4 is 29.7 Å². The molecule has 2 aromatic heterocycles. The molecule has 0 aliphatic rings. The minimum Gasteiger partial charge on any atom is -0.481 e. The van der Waals surface area contributed by atoms with Gasteiger partial charge in [-0.15, -0.1) is 0 Å². The molecule has 3 amide bonds. The minimum atomic E-state index is -1.52. The monoisotopic (exact) mass is 508 g/mol. The van der Waals surface area contributed by atoms with Crippen LogP contribution in [0, 0.1) is 0 Å². The number of nitrogens with one attached hydrogen (secondary N) is 5. The Balaban J connectivity index is 2.08. The minimum absolute atomic E-state index is 0.0867. The number of rotatable bonds is 15. The number of carboxylic acid groups (broad SMARTS) is 2. The summed E-state index contributed by atoms with van der Waals surface area (Å²) in [4.78, 5) is 73.4. The average molecular weight is 508 g/mol. The lowest BCUT2D eigenvalue weighted by Crippen LogP contribution is -2.58. The molecule has 0 fully saturated rings. The number of amides is 3. The van der Waals surface area contributed by atoms with Gasteiger partial charge in [-0.3, -0.25) is 19.2 Å². The molecule has 0 saturated heterocycles. The van der Waals surface area contributed by atoms with Gasteiger partial charge in [-0.25, -0.2) is 14.8 Å². The molecule has 2 aromatic rings. The molecule has 0 aromatic carbocycles. The van der Waals surface area contributed by atoms with Crippen LogP contribution in [0.25, 0.3) is 0 Å². The summed E-state index contributed by atoms with van der Waals surface area (Å²) < 4.78 is 0. The number of aliphatic carboxylic acids is 2. The number of hydrogen-bond acceptors (Lipinski definition) is 9. The van der Waals surface area contributed by atoms with E-state index in [0.717, 1.165) is 0 Å². The first-order valence-corrected chi connectivity index (χ1v) is 10.8. The van der Waals surface area contributed by atoms with Gasteiger partial charge in [-0.1, -0.05) is 0 Å². The maximum absolute atomic E-state index is 12.8. The maximum Gasteiger partial charge on any atom is 0.326 e. The number of carbonyl (C=O) groups excluding carboxylic acids is 3. The van der Waals surface area contributed by atoms with Gasteiger partial charge in [-0.05, 0) is 6.42 Å². The molecule has 4 atom stereocenters. The summed E-state index contributed by atoms with van der Waals surface area (Å²) in [7, 11) is 0. The van der Waals surface area contributed by atoms with Gasteiger partial charge in [0.1, 0.15) is 18.1 Å². The second-order valence-electron chi connectivity index (χ2n) is 7.81. The van der Waals surface area contributed by atoms with E-state index >= 15 is 0 Å². The summed E-state index contributed by atoms with van der Waals surface area (Å²) in [6.45, 7) is -0.816. The molecular weight excluding hydrogens is 480 g/mol. The number of H-pyrrole nitrogens is 2.